The van der Waals surface area contributed by atoms with Crippen LogP contribution in [0.25, 0.3) is 19.5 Å². The summed E-state index contributed by atoms with van der Waals surface area (Å²) >= 11 is 3.07. The summed E-state index contributed by atoms with van der Waals surface area (Å²) in [4.78, 5) is 25.4. The number of ether oxygens (including phenoxy) is 1. The molecule has 1 amide bonds. The first-order valence-electron chi connectivity index (χ1n) is 6.34. The first-order chi connectivity index (χ1) is 10.1. The molecule has 0 unspecified atom stereocenters. The normalized spacial score (nSPS) is 11.0. The van der Waals surface area contributed by atoms with E-state index >= 15 is 0 Å². The lowest BCUT2D eigenvalue weighted by molar-refractivity contribution is -0.131. The van der Waals surface area contributed by atoms with E-state index in [4.69, 9.17) is 4.74 Å². The van der Waals surface area contributed by atoms with Gasteiger partial charge >= 0.3 is 5.97 Å². The Morgan fingerprint density at radius 2 is 1.90 bits per heavy atom. The van der Waals surface area contributed by atoms with E-state index in [0.29, 0.717) is 4.88 Å². The average Bonchev–Trinajstić information content (AvgIpc) is 3.01. The van der Waals surface area contributed by atoms with Gasteiger partial charge in [0.05, 0.1) is 4.70 Å². The number of hydrogen-bond donors (Lipinski definition) is 0. The van der Waals surface area contributed by atoms with Gasteiger partial charge in [0.2, 0.25) is 0 Å². The highest BCUT2D eigenvalue weighted by Gasteiger charge is 2.16. The second-order valence-corrected chi connectivity index (χ2v) is 6.90. The first-order valence-corrected chi connectivity index (χ1v) is 7.98. The molecule has 0 spiro atoms. The largest absolute Gasteiger partial charge is 0.451 e. The smallest absolute Gasteiger partial charge is 0.348 e. The van der Waals surface area contributed by atoms with E-state index in [1.54, 1.807) is 25.4 Å². The van der Waals surface area contributed by atoms with Gasteiger partial charge in [0.1, 0.15) is 4.88 Å². The molecule has 0 aliphatic heterocycles. The van der Waals surface area contributed by atoms with Crippen molar-refractivity contribution in [2.45, 2.75) is 0 Å². The minimum Gasteiger partial charge on any atom is -0.451 e. The minimum atomic E-state index is -0.442. The zero-order chi connectivity index (χ0) is 15.0. The van der Waals surface area contributed by atoms with Crippen LogP contribution in [-0.2, 0) is 9.53 Å². The van der Waals surface area contributed by atoms with Gasteiger partial charge in [-0.2, -0.15) is 0 Å². The molecular formula is C15H13NO3S2. The Labute approximate surface area is 129 Å². The summed E-state index contributed by atoms with van der Waals surface area (Å²) < 4.78 is 8.43. The number of likely N-dealkylation sites (N-methyl/N-ethyl adjacent to an activating group) is 1. The molecule has 0 fully saturated rings. The van der Waals surface area contributed by atoms with Crippen molar-refractivity contribution in [1.29, 1.82) is 0 Å². The van der Waals surface area contributed by atoms with Crippen LogP contribution in [0.1, 0.15) is 9.67 Å². The van der Waals surface area contributed by atoms with Crippen LogP contribution in [0.2, 0.25) is 0 Å². The van der Waals surface area contributed by atoms with Crippen LogP contribution >= 0.6 is 22.7 Å². The molecule has 1 aromatic carbocycles. The Hall–Kier alpha value is -1.92. The third kappa shape index (κ3) is 2.64. The zero-order valence-electron chi connectivity index (χ0n) is 11.6. The number of carbonyl (C=O) groups excluding carboxylic acids is 2. The van der Waals surface area contributed by atoms with E-state index in [2.05, 4.69) is 12.1 Å². The van der Waals surface area contributed by atoms with Crippen LogP contribution < -0.4 is 0 Å². The molecule has 0 aliphatic rings. The summed E-state index contributed by atoms with van der Waals surface area (Å²) in [6.07, 6.45) is 0. The summed E-state index contributed by atoms with van der Waals surface area (Å²) in [5, 5.41) is 1.16. The van der Waals surface area contributed by atoms with Gasteiger partial charge in [-0.15, -0.1) is 22.7 Å². The molecule has 4 nitrogen and oxygen atoms in total. The minimum absolute atomic E-state index is 0.224. The molecule has 0 aliphatic carbocycles. The van der Waals surface area contributed by atoms with Gasteiger partial charge in [-0.05, 0) is 12.1 Å². The molecule has 0 atom stereocenters. The summed E-state index contributed by atoms with van der Waals surface area (Å²) in [6.45, 7) is -0.224. The van der Waals surface area contributed by atoms with Gasteiger partial charge in [-0.3, -0.25) is 4.79 Å². The van der Waals surface area contributed by atoms with E-state index in [0.717, 1.165) is 14.8 Å². The van der Waals surface area contributed by atoms with E-state index in [-0.39, 0.29) is 12.5 Å². The van der Waals surface area contributed by atoms with Crippen molar-refractivity contribution in [1.82, 2.24) is 4.90 Å². The molecule has 0 radical (unpaired) electrons. The number of thiophene rings is 2. The van der Waals surface area contributed by atoms with Gasteiger partial charge in [0, 0.05) is 28.9 Å². The van der Waals surface area contributed by atoms with Gasteiger partial charge in [0.15, 0.2) is 6.61 Å². The van der Waals surface area contributed by atoms with Crippen molar-refractivity contribution >= 4 is 54.0 Å². The number of rotatable bonds is 3. The monoisotopic (exact) mass is 319 g/mol. The van der Waals surface area contributed by atoms with Crippen LogP contribution in [0.3, 0.4) is 0 Å². The van der Waals surface area contributed by atoms with Crippen LogP contribution in [0.15, 0.2) is 30.3 Å². The zero-order valence-corrected chi connectivity index (χ0v) is 13.2. The third-order valence-corrected chi connectivity index (χ3v) is 5.47. The summed E-state index contributed by atoms with van der Waals surface area (Å²) in [7, 11) is 3.26. The number of benzene rings is 1. The fourth-order valence-corrected chi connectivity index (χ4v) is 4.35. The van der Waals surface area contributed by atoms with Crippen molar-refractivity contribution in [3.63, 3.8) is 0 Å². The summed E-state index contributed by atoms with van der Waals surface area (Å²) in [6, 6.07) is 9.95. The highest BCUT2D eigenvalue weighted by Crippen LogP contribution is 2.39. The summed E-state index contributed by atoms with van der Waals surface area (Å²) in [5.41, 5.74) is 0. The predicted molar refractivity (Wildman–Crippen MR) is 86.2 cm³/mol. The van der Waals surface area contributed by atoms with E-state index in [9.17, 15) is 9.59 Å². The molecule has 0 N–H and O–H groups in total. The Morgan fingerprint density at radius 3 is 2.67 bits per heavy atom. The van der Waals surface area contributed by atoms with E-state index < -0.39 is 5.97 Å². The molecule has 0 bridgehead atoms. The number of amides is 1. The standard InChI is InChI=1S/C15H13NO3S2/c1-16(2)13(17)8-19-15(18)12-7-11-14(21-12)9-5-3-4-6-10(9)20-11/h3-7H,8H2,1-2H3. The third-order valence-electron chi connectivity index (χ3n) is 3.08. The van der Waals surface area contributed by atoms with Crippen molar-refractivity contribution in [3.05, 3.63) is 35.2 Å². The lowest BCUT2D eigenvalue weighted by Crippen LogP contribution is -2.27. The Balaban J connectivity index is 1.84. The topological polar surface area (TPSA) is 46.6 Å². The predicted octanol–water partition coefficient (Wildman–Crippen LogP) is 3.36. The fraction of sp³-hybridized carbons (Fsp3) is 0.200. The Bertz CT molecular complexity index is 832. The van der Waals surface area contributed by atoms with Gasteiger partial charge in [-0.1, -0.05) is 18.2 Å². The van der Waals surface area contributed by atoms with Crippen LogP contribution in [0, 0.1) is 0 Å². The Kier molecular flexibility index (Phi) is 3.65. The number of fused-ring (bicyclic) bond motifs is 3. The van der Waals surface area contributed by atoms with Crippen LogP contribution in [0.4, 0.5) is 0 Å². The number of carbonyl (C=O) groups is 2. The molecule has 3 aromatic rings. The lowest BCUT2D eigenvalue weighted by Gasteiger charge is -2.09. The van der Waals surface area contributed by atoms with E-state index in [1.165, 1.54) is 20.9 Å². The quantitative estimate of drug-likeness (QED) is 0.695. The van der Waals surface area contributed by atoms with Crippen molar-refractivity contribution in [2.24, 2.45) is 0 Å². The van der Waals surface area contributed by atoms with Gasteiger partial charge in [0.25, 0.3) is 5.91 Å². The van der Waals surface area contributed by atoms with E-state index in [1.807, 2.05) is 18.2 Å². The second kappa shape index (κ2) is 5.46. The van der Waals surface area contributed by atoms with Gasteiger partial charge in [-0.25, -0.2) is 4.79 Å². The maximum Gasteiger partial charge on any atom is 0.348 e. The lowest BCUT2D eigenvalue weighted by atomic mass is 10.2. The SMILES string of the molecule is CN(C)C(=O)COC(=O)c1cc2sc3ccccc3c2s1. The Morgan fingerprint density at radius 1 is 1.14 bits per heavy atom. The average molecular weight is 319 g/mol. The molecule has 0 saturated carbocycles. The molecular weight excluding hydrogens is 306 g/mol. The molecule has 6 heteroatoms. The fourth-order valence-electron chi connectivity index (χ4n) is 1.93. The molecule has 2 heterocycles. The highest BCUT2D eigenvalue weighted by atomic mass is 32.1. The maximum atomic E-state index is 12.0. The highest BCUT2D eigenvalue weighted by molar-refractivity contribution is 7.33. The molecule has 3 rings (SSSR count). The number of nitrogens with zero attached hydrogens (tertiary/aromatic N) is 1. The number of hydrogen-bond acceptors (Lipinski definition) is 5. The molecule has 2 aromatic heterocycles. The van der Waals surface area contributed by atoms with Crippen molar-refractivity contribution < 1.29 is 14.3 Å². The van der Waals surface area contributed by atoms with Crippen LogP contribution in [-0.4, -0.2) is 37.5 Å². The van der Waals surface area contributed by atoms with Crippen molar-refractivity contribution in [2.75, 3.05) is 20.7 Å². The summed E-state index contributed by atoms with van der Waals surface area (Å²) in [5.74, 6) is -0.671. The molecule has 0 saturated heterocycles. The van der Waals surface area contributed by atoms with Crippen molar-refractivity contribution in [3.8, 4) is 0 Å². The number of esters is 1. The van der Waals surface area contributed by atoms with Gasteiger partial charge < -0.3 is 9.64 Å². The molecule has 21 heavy (non-hydrogen) atoms. The molecule has 108 valence electrons. The first kappa shape index (κ1) is 14.0. The second-order valence-electron chi connectivity index (χ2n) is 4.77. The van der Waals surface area contributed by atoms with Crippen LogP contribution in [0.5, 0.6) is 0 Å². The maximum absolute atomic E-state index is 12.0.